The SMILES string of the molecule is Cc1cc(N2CCN(C(=O)/C=C/c3cc(F)ccc3F)CC2)nc(N2CCCC2)n1. The van der Waals surface area contributed by atoms with E-state index in [1.165, 1.54) is 25.0 Å². The molecule has 0 spiro atoms. The van der Waals surface area contributed by atoms with Crippen LogP contribution in [0.5, 0.6) is 0 Å². The van der Waals surface area contributed by atoms with Crippen LogP contribution in [0.15, 0.2) is 30.3 Å². The fourth-order valence-corrected chi connectivity index (χ4v) is 3.82. The van der Waals surface area contributed by atoms with Crippen LogP contribution in [-0.2, 0) is 4.79 Å². The molecule has 0 radical (unpaired) electrons. The number of carbonyl (C=O) groups excluding carboxylic acids is 1. The topological polar surface area (TPSA) is 52.6 Å². The lowest BCUT2D eigenvalue weighted by Gasteiger charge is -2.35. The first-order valence-electron chi connectivity index (χ1n) is 10.3. The summed E-state index contributed by atoms with van der Waals surface area (Å²) in [6.07, 6.45) is 4.96. The summed E-state index contributed by atoms with van der Waals surface area (Å²) in [5, 5.41) is 0. The third kappa shape index (κ3) is 4.58. The van der Waals surface area contributed by atoms with Crippen molar-refractivity contribution in [2.45, 2.75) is 19.8 Å². The first-order valence-corrected chi connectivity index (χ1v) is 10.3. The molecule has 1 aromatic heterocycles. The van der Waals surface area contributed by atoms with E-state index in [2.05, 4.69) is 14.8 Å². The lowest BCUT2D eigenvalue weighted by Crippen LogP contribution is -2.48. The summed E-state index contributed by atoms with van der Waals surface area (Å²) in [6.45, 7) is 6.34. The smallest absolute Gasteiger partial charge is 0.246 e. The summed E-state index contributed by atoms with van der Waals surface area (Å²) in [5.41, 5.74) is 0.994. The molecule has 0 saturated carbocycles. The Hall–Kier alpha value is -3.03. The van der Waals surface area contributed by atoms with E-state index in [9.17, 15) is 13.6 Å². The summed E-state index contributed by atoms with van der Waals surface area (Å²) >= 11 is 0. The van der Waals surface area contributed by atoms with Gasteiger partial charge >= 0.3 is 0 Å². The zero-order valence-corrected chi connectivity index (χ0v) is 17.0. The van der Waals surface area contributed by atoms with Gasteiger partial charge in [-0.1, -0.05) is 0 Å². The Bertz CT molecular complexity index is 951. The van der Waals surface area contributed by atoms with E-state index >= 15 is 0 Å². The van der Waals surface area contributed by atoms with Gasteiger partial charge in [0, 0.05) is 62.7 Å². The maximum Gasteiger partial charge on any atom is 0.246 e. The first kappa shape index (κ1) is 20.3. The van der Waals surface area contributed by atoms with Gasteiger partial charge in [-0.2, -0.15) is 4.98 Å². The fourth-order valence-electron chi connectivity index (χ4n) is 3.82. The molecule has 1 aromatic carbocycles. The Morgan fingerprint density at radius 3 is 2.43 bits per heavy atom. The second-order valence-corrected chi connectivity index (χ2v) is 7.67. The van der Waals surface area contributed by atoms with Crippen molar-refractivity contribution in [2.75, 3.05) is 49.1 Å². The van der Waals surface area contributed by atoms with Crippen LogP contribution in [0.3, 0.4) is 0 Å². The predicted octanol–water partition coefficient (Wildman–Crippen LogP) is 3.03. The van der Waals surface area contributed by atoms with Crippen molar-refractivity contribution in [2.24, 2.45) is 0 Å². The van der Waals surface area contributed by atoms with E-state index in [0.29, 0.717) is 26.2 Å². The van der Waals surface area contributed by atoms with Crippen LogP contribution in [-0.4, -0.2) is 60.0 Å². The molecule has 8 heteroatoms. The maximum atomic E-state index is 13.7. The molecule has 30 heavy (non-hydrogen) atoms. The normalized spacial score (nSPS) is 17.2. The molecule has 0 aliphatic carbocycles. The third-order valence-electron chi connectivity index (χ3n) is 5.50. The number of hydrogen-bond acceptors (Lipinski definition) is 5. The third-order valence-corrected chi connectivity index (χ3v) is 5.50. The van der Waals surface area contributed by atoms with Gasteiger partial charge in [-0.25, -0.2) is 13.8 Å². The van der Waals surface area contributed by atoms with E-state index in [1.54, 1.807) is 4.90 Å². The average molecular weight is 413 g/mol. The minimum absolute atomic E-state index is 0.0629. The van der Waals surface area contributed by atoms with E-state index in [-0.39, 0.29) is 11.5 Å². The Labute approximate surface area is 174 Å². The molecule has 0 unspecified atom stereocenters. The molecule has 2 aromatic rings. The van der Waals surface area contributed by atoms with Crippen molar-refractivity contribution in [3.63, 3.8) is 0 Å². The van der Waals surface area contributed by atoms with E-state index < -0.39 is 11.6 Å². The second kappa shape index (κ2) is 8.77. The molecular formula is C22H25F2N5O. The van der Waals surface area contributed by atoms with Crippen LogP contribution >= 0.6 is 0 Å². The van der Waals surface area contributed by atoms with Crippen LogP contribution < -0.4 is 9.80 Å². The van der Waals surface area contributed by atoms with E-state index in [0.717, 1.165) is 48.7 Å². The van der Waals surface area contributed by atoms with Gasteiger partial charge < -0.3 is 14.7 Å². The molecule has 0 bridgehead atoms. The Morgan fingerprint density at radius 1 is 0.967 bits per heavy atom. The molecular weight excluding hydrogens is 388 g/mol. The van der Waals surface area contributed by atoms with Crippen molar-refractivity contribution in [1.82, 2.24) is 14.9 Å². The number of amides is 1. The maximum absolute atomic E-state index is 13.7. The summed E-state index contributed by atoms with van der Waals surface area (Å²) in [4.78, 5) is 27.9. The van der Waals surface area contributed by atoms with Crippen LogP contribution in [0, 0.1) is 18.6 Å². The molecule has 4 rings (SSSR count). The van der Waals surface area contributed by atoms with E-state index in [4.69, 9.17) is 4.98 Å². The van der Waals surface area contributed by atoms with Crippen molar-refractivity contribution >= 4 is 23.7 Å². The van der Waals surface area contributed by atoms with E-state index in [1.807, 2.05) is 13.0 Å². The van der Waals surface area contributed by atoms with Gasteiger partial charge in [0.15, 0.2) is 0 Å². The molecule has 0 N–H and O–H groups in total. The average Bonchev–Trinajstić information content (AvgIpc) is 3.29. The molecule has 2 fully saturated rings. The molecule has 2 saturated heterocycles. The highest BCUT2D eigenvalue weighted by atomic mass is 19.1. The van der Waals surface area contributed by atoms with Gasteiger partial charge in [0.2, 0.25) is 11.9 Å². The number of aromatic nitrogens is 2. The highest BCUT2D eigenvalue weighted by Crippen LogP contribution is 2.22. The molecule has 158 valence electrons. The summed E-state index contributed by atoms with van der Waals surface area (Å²) in [5.74, 6) is 0.355. The first-order chi connectivity index (χ1) is 14.5. The standard InChI is InChI=1S/C22H25F2N5O/c1-16-14-20(26-22(25-16)29-8-2-3-9-29)27-10-12-28(13-11-27)21(30)7-4-17-15-18(23)5-6-19(17)24/h4-7,14-15H,2-3,8-13H2,1H3/b7-4+. The van der Waals surface area contributed by atoms with Gasteiger partial charge in [-0.05, 0) is 44.0 Å². The highest BCUT2D eigenvalue weighted by Gasteiger charge is 2.23. The van der Waals surface area contributed by atoms with Crippen LogP contribution in [0.25, 0.3) is 6.08 Å². The number of piperazine rings is 1. The molecule has 2 aliphatic rings. The number of halogens is 2. The fraction of sp³-hybridized carbons (Fsp3) is 0.409. The summed E-state index contributed by atoms with van der Waals surface area (Å²) in [6, 6.07) is 5.16. The van der Waals surface area contributed by atoms with Gasteiger partial charge in [0.25, 0.3) is 0 Å². The molecule has 2 aliphatic heterocycles. The van der Waals surface area contributed by atoms with Gasteiger partial charge in [0.05, 0.1) is 0 Å². The largest absolute Gasteiger partial charge is 0.353 e. The summed E-state index contributed by atoms with van der Waals surface area (Å²) < 4.78 is 27.0. The van der Waals surface area contributed by atoms with Crippen molar-refractivity contribution in [3.05, 3.63) is 53.2 Å². The monoisotopic (exact) mass is 413 g/mol. The number of benzene rings is 1. The number of anilines is 2. The molecule has 0 atom stereocenters. The van der Waals surface area contributed by atoms with Gasteiger partial charge in [-0.3, -0.25) is 4.79 Å². The van der Waals surface area contributed by atoms with Gasteiger partial charge in [0.1, 0.15) is 17.5 Å². The number of aryl methyl sites for hydroxylation is 1. The number of hydrogen-bond donors (Lipinski definition) is 0. The van der Waals surface area contributed by atoms with Crippen LogP contribution in [0.4, 0.5) is 20.5 Å². The number of carbonyl (C=O) groups is 1. The van der Waals surface area contributed by atoms with Crippen LogP contribution in [0.2, 0.25) is 0 Å². The Kier molecular flexibility index (Phi) is 5.92. The number of nitrogens with zero attached hydrogens (tertiary/aromatic N) is 5. The summed E-state index contributed by atoms with van der Waals surface area (Å²) in [7, 11) is 0. The lowest BCUT2D eigenvalue weighted by atomic mass is 10.2. The predicted molar refractivity (Wildman–Crippen MR) is 112 cm³/mol. The Balaban J connectivity index is 1.38. The minimum atomic E-state index is -0.557. The minimum Gasteiger partial charge on any atom is -0.353 e. The molecule has 3 heterocycles. The lowest BCUT2D eigenvalue weighted by molar-refractivity contribution is -0.126. The van der Waals surface area contributed by atoms with Crippen molar-refractivity contribution in [3.8, 4) is 0 Å². The Morgan fingerprint density at radius 2 is 1.70 bits per heavy atom. The van der Waals surface area contributed by atoms with Gasteiger partial charge in [-0.15, -0.1) is 0 Å². The molecule has 1 amide bonds. The molecule has 6 nitrogen and oxygen atoms in total. The second-order valence-electron chi connectivity index (χ2n) is 7.67. The van der Waals surface area contributed by atoms with Crippen molar-refractivity contribution in [1.29, 1.82) is 0 Å². The number of rotatable bonds is 4. The zero-order valence-electron chi connectivity index (χ0n) is 17.0. The van der Waals surface area contributed by atoms with Crippen molar-refractivity contribution < 1.29 is 13.6 Å². The zero-order chi connectivity index (χ0) is 21.1. The van der Waals surface area contributed by atoms with Crippen LogP contribution in [0.1, 0.15) is 24.1 Å². The highest BCUT2D eigenvalue weighted by molar-refractivity contribution is 5.92. The quantitative estimate of drug-likeness (QED) is 0.722.